The van der Waals surface area contributed by atoms with Crippen molar-refractivity contribution in [3.8, 4) is 5.75 Å². The minimum absolute atomic E-state index is 0.218. The minimum atomic E-state index is -0.321. The van der Waals surface area contributed by atoms with Gasteiger partial charge < -0.3 is 9.64 Å². The molecule has 0 N–H and O–H groups in total. The van der Waals surface area contributed by atoms with Gasteiger partial charge in [0, 0.05) is 19.6 Å². The van der Waals surface area contributed by atoms with Crippen LogP contribution in [0.1, 0.15) is 23.6 Å². The molecular formula is C28H27FN2O3. The zero-order valence-corrected chi connectivity index (χ0v) is 19.3. The molecule has 34 heavy (non-hydrogen) atoms. The number of halogens is 1. The molecule has 1 aliphatic rings. The minimum Gasteiger partial charge on any atom is -0.497 e. The number of amides is 2. The summed E-state index contributed by atoms with van der Waals surface area (Å²) in [6.45, 7) is 3.27. The van der Waals surface area contributed by atoms with Gasteiger partial charge in [-0.15, -0.1) is 0 Å². The average Bonchev–Trinajstić information content (AvgIpc) is 3.12. The van der Waals surface area contributed by atoms with Crippen molar-refractivity contribution in [1.82, 2.24) is 9.80 Å². The molecule has 6 heteroatoms. The van der Waals surface area contributed by atoms with Crippen LogP contribution in [-0.2, 0) is 22.6 Å². The molecule has 0 saturated heterocycles. The van der Waals surface area contributed by atoms with Crippen molar-refractivity contribution in [2.24, 2.45) is 0 Å². The van der Waals surface area contributed by atoms with Crippen LogP contribution in [0.15, 0.2) is 84.6 Å². The molecule has 3 aromatic carbocycles. The molecule has 0 spiro atoms. The summed E-state index contributed by atoms with van der Waals surface area (Å²) in [5.74, 6) is -0.274. The highest BCUT2D eigenvalue weighted by Crippen LogP contribution is 2.33. The Hall–Kier alpha value is -3.93. The Balaban J connectivity index is 1.68. The lowest BCUT2D eigenvalue weighted by Crippen LogP contribution is -2.36. The molecule has 0 unspecified atom stereocenters. The molecule has 5 nitrogen and oxygen atoms in total. The van der Waals surface area contributed by atoms with Crippen LogP contribution in [0.2, 0.25) is 0 Å². The first-order chi connectivity index (χ1) is 16.5. The van der Waals surface area contributed by atoms with E-state index in [1.165, 1.54) is 17.0 Å². The Morgan fingerprint density at radius 2 is 1.53 bits per heavy atom. The van der Waals surface area contributed by atoms with Crippen molar-refractivity contribution in [3.05, 3.63) is 107 Å². The second kappa shape index (κ2) is 10.3. The van der Waals surface area contributed by atoms with Crippen molar-refractivity contribution >= 4 is 17.4 Å². The molecule has 0 bridgehead atoms. The summed E-state index contributed by atoms with van der Waals surface area (Å²) in [6, 6.07) is 23.2. The molecule has 0 saturated carbocycles. The molecular weight excluding hydrogens is 431 g/mol. The monoisotopic (exact) mass is 458 g/mol. The highest BCUT2D eigenvalue weighted by atomic mass is 19.1. The molecule has 0 aliphatic carbocycles. The van der Waals surface area contributed by atoms with Gasteiger partial charge in [-0.05, 0) is 54.3 Å². The molecule has 1 aliphatic heterocycles. The summed E-state index contributed by atoms with van der Waals surface area (Å²) < 4.78 is 18.5. The molecule has 0 atom stereocenters. The first-order valence-corrected chi connectivity index (χ1v) is 11.3. The summed E-state index contributed by atoms with van der Waals surface area (Å²) in [6.07, 6.45) is 0.450. The van der Waals surface area contributed by atoms with E-state index in [4.69, 9.17) is 4.74 Å². The third-order valence-electron chi connectivity index (χ3n) is 5.97. The summed E-state index contributed by atoms with van der Waals surface area (Å²) in [5, 5.41) is 0. The molecule has 3 aromatic rings. The lowest BCUT2D eigenvalue weighted by molar-refractivity contribution is -0.137. The van der Waals surface area contributed by atoms with Gasteiger partial charge in [0.2, 0.25) is 0 Å². The zero-order valence-electron chi connectivity index (χ0n) is 19.3. The van der Waals surface area contributed by atoms with Crippen molar-refractivity contribution in [2.75, 3.05) is 20.2 Å². The highest BCUT2D eigenvalue weighted by molar-refractivity contribution is 6.35. The van der Waals surface area contributed by atoms with Crippen LogP contribution in [0.3, 0.4) is 0 Å². The number of methoxy groups -OCH3 is 1. The topological polar surface area (TPSA) is 49.9 Å². The molecule has 174 valence electrons. The van der Waals surface area contributed by atoms with E-state index < -0.39 is 0 Å². The van der Waals surface area contributed by atoms with E-state index in [0.717, 1.165) is 11.1 Å². The summed E-state index contributed by atoms with van der Waals surface area (Å²) in [4.78, 5) is 30.4. The van der Waals surface area contributed by atoms with Gasteiger partial charge in [-0.25, -0.2) is 4.39 Å². The normalized spacial score (nSPS) is 13.6. The number of benzene rings is 3. The molecule has 4 rings (SSSR count). The lowest BCUT2D eigenvalue weighted by atomic mass is 10.0. The molecule has 0 aromatic heterocycles. The second-order valence-corrected chi connectivity index (χ2v) is 8.09. The fourth-order valence-electron chi connectivity index (χ4n) is 4.12. The van der Waals surface area contributed by atoms with Crippen molar-refractivity contribution in [3.63, 3.8) is 0 Å². The van der Waals surface area contributed by atoms with E-state index in [-0.39, 0.29) is 24.2 Å². The third-order valence-corrected chi connectivity index (χ3v) is 5.97. The number of likely N-dealkylation sites (N-methyl/N-ethyl adjacent to an activating group) is 1. The fourth-order valence-corrected chi connectivity index (χ4v) is 4.12. The number of ether oxygens (including phenoxy) is 1. The predicted molar refractivity (Wildman–Crippen MR) is 129 cm³/mol. The standard InChI is InChI=1S/C28H27FN2O3/c1-3-30(19-21-7-5-4-6-8-21)26-25(22-11-15-24(34-2)16-12-22)27(32)31(28(26)33)18-17-20-9-13-23(29)14-10-20/h4-16H,3,17-19H2,1-2H3. The van der Waals surface area contributed by atoms with E-state index in [1.807, 2.05) is 42.2 Å². The first-order valence-electron chi connectivity index (χ1n) is 11.3. The summed E-state index contributed by atoms with van der Waals surface area (Å²) in [7, 11) is 1.58. The Kier molecular flexibility index (Phi) is 7.07. The van der Waals surface area contributed by atoms with Crippen LogP contribution in [0.5, 0.6) is 5.75 Å². The number of hydrogen-bond acceptors (Lipinski definition) is 4. The maximum atomic E-state index is 13.6. The number of nitrogens with zero attached hydrogens (tertiary/aromatic N) is 2. The van der Waals surface area contributed by atoms with Crippen LogP contribution in [0.4, 0.5) is 4.39 Å². The fraction of sp³-hybridized carbons (Fsp3) is 0.214. The van der Waals surface area contributed by atoms with Crippen LogP contribution in [-0.4, -0.2) is 41.8 Å². The highest BCUT2D eigenvalue weighted by Gasteiger charge is 2.41. The number of carbonyl (C=O) groups excluding carboxylic acids is 2. The largest absolute Gasteiger partial charge is 0.497 e. The van der Waals surface area contributed by atoms with E-state index in [9.17, 15) is 14.0 Å². The summed E-state index contributed by atoms with van der Waals surface area (Å²) >= 11 is 0. The quantitative estimate of drug-likeness (QED) is 0.437. The van der Waals surface area contributed by atoms with Gasteiger partial charge in [0.25, 0.3) is 11.8 Å². The van der Waals surface area contributed by atoms with Gasteiger partial charge >= 0.3 is 0 Å². The Labute approximate surface area is 199 Å². The zero-order chi connectivity index (χ0) is 24.1. The van der Waals surface area contributed by atoms with Crippen LogP contribution < -0.4 is 4.74 Å². The lowest BCUT2D eigenvalue weighted by Gasteiger charge is -2.25. The van der Waals surface area contributed by atoms with Gasteiger partial charge in [-0.2, -0.15) is 0 Å². The number of carbonyl (C=O) groups is 2. The predicted octanol–water partition coefficient (Wildman–Crippen LogP) is 4.68. The van der Waals surface area contributed by atoms with Crippen molar-refractivity contribution in [2.45, 2.75) is 19.9 Å². The number of hydrogen-bond donors (Lipinski definition) is 0. The molecule has 1 heterocycles. The number of rotatable bonds is 9. The molecule has 2 amide bonds. The van der Waals surface area contributed by atoms with E-state index >= 15 is 0 Å². The molecule has 0 radical (unpaired) electrons. The maximum absolute atomic E-state index is 13.6. The molecule has 0 fully saturated rings. The van der Waals surface area contributed by atoms with Crippen LogP contribution in [0.25, 0.3) is 5.57 Å². The van der Waals surface area contributed by atoms with E-state index in [2.05, 4.69) is 0 Å². The average molecular weight is 459 g/mol. The number of imide groups is 1. The van der Waals surface area contributed by atoms with E-state index in [1.54, 1.807) is 43.5 Å². The second-order valence-electron chi connectivity index (χ2n) is 8.09. The van der Waals surface area contributed by atoms with Gasteiger partial charge in [-0.1, -0.05) is 54.6 Å². The third kappa shape index (κ3) is 4.86. The maximum Gasteiger partial charge on any atom is 0.277 e. The van der Waals surface area contributed by atoms with Crippen LogP contribution in [0, 0.1) is 5.82 Å². The van der Waals surface area contributed by atoms with Gasteiger partial charge in [-0.3, -0.25) is 14.5 Å². The van der Waals surface area contributed by atoms with Gasteiger partial charge in [0.1, 0.15) is 17.3 Å². The smallest absolute Gasteiger partial charge is 0.277 e. The van der Waals surface area contributed by atoms with Crippen LogP contribution >= 0.6 is 0 Å². The summed E-state index contributed by atoms with van der Waals surface area (Å²) in [5.41, 5.74) is 3.38. The van der Waals surface area contributed by atoms with Crippen molar-refractivity contribution in [1.29, 1.82) is 0 Å². The van der Waals surface area contributed by atoms with Gasteiger partial charge in [0.15, 0.2) is 0 Å². The van der Waals surface area contributed by atoms with Crippen molar-refractivity contribution < 1.29 is 18.7 Å². The first kappa shape index (κ1) is 23.2. The van der Waals surface area contributed by atoms with E-state index in [0.29, 0.717) is 42.1 Å². The Morgan fingerprint density at radius 3 is 2.15 bits per heavy atom. The van der Waals surface area contributed by atoms with Gasteiger partial charge in [0.05, 0.1) is 12.7 Å². The Bertz CT molecular complexity index is 1190. The Morgan fingerprint density at radius 1 is 0.853 bits per heavy atom. The SMILES string of the molecule is CCN(Cc1ccccc1)C1=C(c2ccc(OC)cc2)C(=O)N(CCc2ccc(F)cc2)C1=O.